The van der Waals surface area contributed by atoms with Crippen molar-refractivity contribution in [2.24, 2.45) is 0 Å². The number of furan rings is 1. The molecule has 0 spiro atoms. The van der Waals surface area contributed by atoms with Crippen LogP contribution in [0.4, 0.5) is 24.0 Å². The summed E-state index contributed by atoms with van der Waals surface area (Å²) in [4.78, 5) is 31.6. The Hall–Kier alpha value is -3.18. The van der Waals surface area contributed by atoms with Crippen LogP contribution in [0.3, 0.4) is 0 Å². The molecule has 0 bridgehead atoms. The summed E-state index contributed by atoms with van der Waals surface area (Å²) in [6.45, 7) is 1.06. The number of anilines is 2. The third-order valence-corrected chi connectivity index (χ3v) is 5.61. The monoisotopic (exact) mass is 450 g/mol. The highest BCUT2D eigenvalue weighted by molar-refractivity contribution is 7.15. The van der Waals surface area contributed by atoms with E-state index in [0.717, 1.165) is 22.7 Å². The molecule has 31 heavy (non-hydrogen) atoms. The number of carbonyl (C=O) groups excluding carboxylic acids is 2. The van der Waals surface area contributed by atoms with Crippen molar-refractivity contribution in [3.05, 3.63) is 64.6 Å². The fraction of sp³-hybridized carbons (Fsp3) is 0.250. The van der Waals surface area contributed by atoms with Gasteiger partial charge in [-0.2, -0.15) is 13.2 Å². The standard InChI is InChI=1S/C20H17F3N4O3S/c21-20(22,23)12-3-1-4-13(9-12)24-17(28)11-27-7-6-14-16(10-27)31-19(25-14)26-18(29)15-5-2-8-30-15/h1-5,8-9H,6-7,10-11H2,(H,24,28)(H,25,26,29). The highest BCUT2D eigenvalue weighted by Gasteiger charge is 2.30. The van der Waals surface area contributed by atoms with Crippen molar-refractivity contribution in [3.63, 3.8) is 0 Å². The summed E-state index contributed by atoms with van der Waals surface area (Å²) < 4.78 is 43.5. The number of nitrogens with zero attached hydrogens (tertiary/aromatic N) is 2. The Balaban J connectivity index is 1.34. The number of hydrogen-bond donors (Lipinski definition) is 2. The van der Waals surface area contributed by atoms with Gasteiger partial charge in [-0.25, -0.2) is 4.98 Å². The summed E-state index contributed by atoms with van der Waals surface area (Å²) in [6.07, 6.45) is -2.47. The van der Waals surface area contributed by atoms with E-state index in [4.69, 9.17) is 4.42 Å². The van der Waals surface area contributed by atoms with Gasteiger partial charge >= 0.3 is 6.18 Å². The van der Waals surface area contributed by atoms with Gasteiger partial charge in [-0.3, -0.25) is 19.8 Å². The van der Waals surface area contributed by atoms with E-state index in [-0.39, 0.29) is 18.0 Å². The summed E-state index contributed by atoms with van der Waals surface area (Å²) in [5.74, 6) is -0.617. The van der Waals surface area contributed by atoms with E-state index in [1.807, 2.05) is 4.90 Å². The molecule has 11 heteroatoms. The van der Waals surface area contributed by atoms with Gasteiger partial charge in [-0.15, -0.1) is 11.3 Å². The number of hydrogen-bond acceptors (Lipinski definition) is 6. The van der Waals surface area contributed by atoms with E-state index in [2.05, 4.69) is 15.6 Å². The fourth-order valence-corrected chi connectivity index (χ4v) is 4.23. The average Bonchev–Trinajstić information content (AvgIpc) is 3.36. The third-order valence-electron chi connectivity index (χ3n) is 4.62. The van der Waals surface area contributed by atoms with Crippen LogP contribution in [0.5, 0.6) is 0 Å². The van der Waals surface area contributed by atoms with Gasteiger partial charge in [0.25, 0.3) is 5.91 Å². The van der Waals surface area contributed by atoms with Gasteiger partial charge in [0.15, 0.2) is 10.9 Å². The Morgan fingerprint density at radius 1 is 1.19 bits per heavy atom. The molecule has 162 valence electrons. The number of carbonyl (C=O) groups is 2. The number of nitrogens with one attached hydrogen (secondary N) is 2. The molecule has 1 aliphatic rings. The van der Waals surface area contributed by atoms with E-state index >= 15 is 0 Å². The first kappa shape index (κ1) is 21.1. The molecular formula is C20H17F3N4O3S. The lowest BCUT2D eigenvalue weighted by atomic mass is 10.1. The Kier molecular flexibility index (Phi) is 5.79. The van der Waals surface area contributed by atoms with Gasteiger partial charge < -0.3 is 9.73 Å². The normalized spacial score (nSPS) is 14.2. The second kappa shape index (κ2) is 8.52. The third kappa shape index (κ3) is 5.12. The largest absolute Gasteiger partial charge is 0.459 e. The average molecular weight is 450 g/mol. The molecule has 0 saturated heterocycles. The summed E-state index contributed by atoms with van der Waals surface area (Å²) in [5, 5.41) is 5.65. The van der Waals surface area contributed by atoms with Gasteiger partial charge in [0.2, 0.25) is 5.91 Å². The van der Waals surface area contributed by atoms with E-state index in [1.54, 1.807) is 12.1 Å². The van der Waals surface area contributed by atoms with Crippen LogP contribution in [0.15, 0.2) is 47.1 Å². The number of aromatic nitrogens is 1. The first-order valence-electron chi connectivity index (χ1n) is 9.31. The first-order valence-corrected chi connectivity index (χ1v) is 10.1. The lowest BCUT2D eigenvalue weighted by molar-refractivity contribution is -0.137. The van der Waals surface area contributed by atoms with Crippen LogP contribution in [0.2, 0.25) is 0 Å². The molecule has 0 unspecified atom stereocenters. The molecule has 1 aromatic carbocycles. The summed E-state index contributed by atoms with van der Waals surface area (Å²) in [6, 6.07) is 7.69. The Bertz CT molecular complexity index is 1100. The molecule has 7 nitrogen and oxygen atoms in total. The van der Waals surface area contributed by atoms with Gasteiger partial charge in [-0.1, -0.05) is 6.07 Å². The SMILES string of the molecule is O=C(CN1CCc2nc(NC(=O)c3ccco3)sc2C1)Nc1cccc(C(F)(F)F)c1. The Labute approximate surface area is 178 Å². The minimum atomic E-state index is -4.47. The van der Waals surface area contributed by atoms with Gasteiger partial charge in [0.05, 0.1) is 24.1 Å². The number of alkyl halides is 3. The Morgan fingerprint density at radius 2 is 2.03 bits per heavy atom. The molecule has 1 aliphatic heterocycles. The zero-order valence-corrected chi connectivity index (χ0v) is 16.8. The molecule has 0 radical (unpaired) electrons. The smallest absolute Gasteiger partial charge is 0.416 e. The molecule has 0 atom stereocenters. The van der Waals surface area contributed by atoms with Crippen molar-refractivity contribution in [3.8, 4) is 0 Å². The number of halogens is 3. The van der Waals surface area contributed by atoms with Gasteiger partial charge in [-0.05, 0) is 30.3 Å². The number of rotatable bonds is 5. The highest BCUT2D eigenvalue weighted by atomic mass is 32.1. The van der Waals surface area contributed by atoms with Crippen LogP contribution in [0.25, 0.3) is 0 Å². The molecule has 2 N–H and O–H groups in total. The minimum Gasteiger partial charge on any atom is -0.459 e. The van der Waals surface area contributed by atoms with Crippen molar-refractivity contribution in [1.82, 2.24) is 9.88 Å². The topological polar surface area (TPSA) is 87.5 Å². The van der Waals surface area contributed by atoms with Crippen LogP contribution >= 0.6 is 11.3 Å². The summed E-state index contributed by atoms with van der Waals surface area (Å²) >= 11 is 1.32. The summed E-state index contributed by atoms with van der Waals surface area (Å²) in [5.41, 5.74) is 0.134. The molecule has 3 aromatic rings. The van der Waals surface area contributed by atoms with E-state index in [0.29, 0.717) is 24.6 Å². The van der Waals surface area contributed by atoms with Gasteiger partial charge in [0.1, 0.15) is 0 Å². The van der Waals surface area contributed by atoms with E-state index < -0.39 is 23.6 Å². The van der Waals surface area contributed by atoms with Crippen molar-refractivity contribution in [2.75, 3.05) is 23.7 Å². The van der Waals surface area contributed by atoms with Gasteiger partial charge in [0, 0.05) is 30.1 Å². The van der Waals surface area contributed by atoms with Crippen molar-refractivity contribution in [2.45, 2.75) is 19.1 Å². The van der Waals surface area contributed by atoms with Crippen molar-refractivity contribution in [1.29, 1.82) is 0 Å². The first-order chi connectivity index (χ1) is 14.8. The maximum Gasteiger partial charge on any atom is 0.416 e. The van der Waals surface area contributed by atoms with E-state index in [1.165, 1.54) is 29.7 Å². The van der Waals surface area contributed by atoms with Crippen LogP contribution in [-0.2, 0) is 23.9 Å². The van der Waals surface area contributed by atoms with Crippen LogP contribution in [0.1, 0.15) is 26.7 Å². The Morgan fingerprint density at radius 3 is 2.77 bits per heavy atom. The summed E-state index contributed by atoms with van der Waals surface area (Å²) in [7, 11) is 0. The molecular weight excluding hydrogens is 433 g/mol. The lowest BCUT2D eigenvalue weighted by Crippen LogP contribution is -2.36. The van der Waals surface area contributed by atoms with Crippen LogP contribution in [0, 0.1) is 0 Å². The second-order valence-corrected chi connectivity index (χ2v) is 7.99. The molecule has 0 fully saturated rings. The molecule has 3 heterocycles. The molecule has 2 aromatic heterocycles. The van der Waals surface area contributed by atoms with Crippen molar-refractivity contribution < 1.29 is 27.2 Å². The maximum absolute atomic E-state index is 12.8. The number of amides is 2. The quantitative estimate of drug-likeness (QED) is 0.614. The number of thiazole rings is 1. The highest BCUT2D eigenvalue weighted by Crippen LogP contribution is 2.31. The molecule has 2 amide bonds. The van der Waals surface area contributed by atoms with E-state index in [9.17, 15) is 22.8 Å². The predicted octanol–water partition coefficient (Wildman–Crippen LogP) is 4.00. The minimum absolute atomic E-state index is 0.0294. The van der Waals surface area contributed by atoms with Crippen LogP contribution in [-0.4, -0.2) is 34.8 Å². The number of fused-ring (bicyclic) bond motifs is 1. The molecule has 4 rings (SSSR count). The lowest BCUT2D eigenvalue weighted by Gasteiger charge is -2.25. The molecule has 0 aliphatic carbocycles. The zero-order chi connectivity index (χ0) is 22.0. The maximum atomic E-state index is 12.8. The predicted molar refractivity (Wildman–Crippen MR) is 108 cm³/mol. The number of benzene rings is 1. The molecule has 0 saturated carbocycles. The second-order valence-electron chi connectivity index (χ2n) is 6.91. The zero-order valence-electron chi connectivity index (χ0n) is 16.0. The van der Waals surface area contributed by atoms with Crippen molar-refractivity contribution >= 4 is 34.0 Å². The fourth-order valence-electron chi connectivity index (χ4n) is 3.18. The van der Waals surface area contributed by atoms with Crippen LogP contribution < -0.4 is 10.6 Å².